The second-order valence-electron chi connectivity index (χ2n) is 12.6. The SMILES string of the molecule is O=C(O)/C=C/c1cc(NC(=O)c2nc(C3CCCCC3)[nH]c2CCC23CC4CC(CC(C4)C2)C3)ccc1Cl. The molecule has 0 atom stereocenters. The molecule has 5 aliphatic carbocycles. The highest BCUT2D eigenvalue weighted by atomic mass is 35.5. The highest BCUT2D eigenvalue weighted by molar-refractivity contribution is 6.32. The Morgan fingerprint density at radius 1 is 1.08 bits per heavy atom. The van der Waals surface area contributed by atoms with Crippen molar-refractivity contribution >= 4 is 35.2 Å². The molecule has 0 unspecified atom stereocenters. The minimum atomic E-state index is -1.05. The van der Waals surface area contributed by atoms with E-state index in [0.29, 0.717) is 33.3 Å². The average Bonchev–Trinajstić information content (AvgIpc) is 3.32. The zero-order valence-electron chi connectivity index (χ0n) is 22.0. The van der Waals surface area contributed by atoms with Gasteiger partial charge in [-0.1, -0.05) is 30.9 Å². The molecule has 7 rings (SSSR count). The molecule has 5 saturated carbocycles. The number of aryl methyl sites for hydroxylation is 1. The number of carboxylic acids is 1. The molecule has 1 aromatic heterocycles. The number of hydrogen-bond donors (Lipinski definition) is 3. The molecule has 1 aromatic carbocycles. The molecule has 3 N–H and O–H groups in total. The van der Waals surface area contributed by atoms with E-state index in [1.807, 2.05) is 0 Å². The number of anilines is 1. The Morgan fingerprint density at radius 2 is 1.76 bits per heavy atom. The fourth-order valence-electron chi connectivity index (χ4n) is 8.45. The molecule has 4 bridgehead atoms. The van der Waals surface area contributed by atoms with Gasteiger partial charge in [0.25, 0.3) is 5.91 Å². The van der Waals surface area contributed by atoms with Crippen molar-refractivity contribution in [3.63, 3.8) is 0 Å². The fraction of sp³-hybridized carbons (Fsp3) is 0.581. The number of hydrogen-bond acceptors (Lipinski definition) is 3. The van der Waals surface area contributed by atoms with Crippen LogP contribution in [-0.2, 0) is 11.2 Å². The summed E-state index contributed by atoms with van der Waals surface area (Å²) in [5.74, 6) is 2.84. The Kier molecular flexibility index (Phi) is 7.10. The fourth-order valence-corrected chi connectivity index (χ4v) is 8.64. The van der Waals surface area contributed by atoms with E-state index >= 15 is 0 Å². The highest BCUT2D eigenvalue weighted by Gasteiger charge is 2.50. The van der Waals surface area contributed by atoms with E-state index in [-0.39, 0.29) is 5.91 Å². The number of aromatic amines is 1. The van der Waals surface area contributed by atoms with Gasteiger partial charge in [0.2, 0.25) is 0 Å². The Balaban J connectivity index is 1.23. The summed E-state index contributed by atoms with van der Waals surface area (Å²) in [5.41, 5.74) is 3.03. The number of nitrogens with zero attached hydrogens (tertiary/aromatic N) is 1. The minimum Gasteiger partial charge on any atom is -0.478 e. The van der Waals surface area contributed by atoms with E-state index in [0.717, 1.165) is 61.0 Å². The molecule has 38 heavy (non-hydrogen) atoms. The minimum absolute atomic E-state index is 0.223. The number of imidazole rings is 1. The summed E-state index contributed by atoms with van der Waals surface area (Å²) in [7, 11) is 0. The maximum absolute atomic E-state index is 13.6. The summed E-state index contributed by atoms with van der Waals surface area (Å²) in [6, 6.07) is 5.11. The molecule has 5 aliphatic rings. The zero-order valence-corrected chi connectivity index (χ0v) is 22.7. The van der Waals surface area contributed by atoms with Crippen LogP contribution in [-0.4, -0.2) is 27.0 Å². The van der Waals surface area contributed by atoms with Crippen molar-refractivity contribution in [1.82, 2.24) is 9.97 Å². The van der Waals surface area contributed by atoms with Crippen LogP contribution >= 0.6 is 11.6 Å². The van der Waals surface area contributed by atoms with Gasteiger partial charge in [-0.15, -0.1) is 0 Å². The second-order valence-corrected chi connectivity index (χ2v) is 13.0. The van der Waals surface area contributed by atoms with Gasteiger partial charge in [-0.05, 0) is 117 Å². The standard InChI is InChI=1S/C31H38ClN3O3/c32-25-8-7-24(15-23(25)6-9-27(36)37)33-30(38)28-26(34-29(35-28)22-4-2-1-3-5-22)10-11-31-16-19-12-20(17-31)14-21(13-19)18-31/h6-9,15,19-22H,1-5,10-14,16-18H2,(H,33,38)(H,34,35)(H,36,37)/b9-6+. The monoisotopic (exact) mass is 535 g/mol. The first-order chi connectivity index (χ1) is 18.4. The third-order valence-electron chi connectivity index (χ3n) is 9.73. The maximum Gasteiger partial charge on any atom is 0.328 e. The second kappa shape index (κ2) is 10.5. The number of nitrogens with one attached hydrogen (secondary N) is 2. The van der Waals surface area contributed by atoms with Gasteiger partial charge in [0.1, 0.15) is 11.5 Å². The Bertz CT molecular complexity index is 1210. The van der Waals surface area contributed by atoms with Crippen LogP contribution in [0, 0.1) is 23.2 Å². The van der Waals surface area contributed by atoms with Gasteiger partial charge in [-0.3, -0.25) is 4.79 Å². The third kappa shape index (κ3) is 5.42. The summed E-state index contributed by atoms with van der Waals surface area (Å²) in [4.78, 5) is 33.1. The van der Waals surface area contributed by atoms with Crippen LogP contribution in [0.4, 0.5) is 5.69 Å². The van der Waals surface area contributed by atoms with Gasteiger partial charge >= 0.3 is 5.97 Å². The smallest absolute Gasteiger partial charge is 0.328 e. The normalized spacial score (nSPS) is 28.7. The number of H-pyrrole nitrogens is 1. The zero-order chi connectivity index (χ0) is 26.3. The molecule has 7 heteroatoms. The first-order valence-electron chi connectivity index (χ1n) is 14.5. The lowest BCUT2D eigenvalue weighted by Crippen LogP contribution is -2.46. The Morgan fingerprint density at radius 3 is 2.42 bits per heavy atom. The predicted molar refractivity (Wildman–Crippen MR) is 149 cm³/mol. The molecule has 0 spiro atoms. The Hall–Kier alpha value is -2.60. The molecular weight excluding hydrogens is 498 g/mol. The number of amides is 1. The lowest BCUT2D eigenvalue weighted by molar-refractivity contribution is -0.131. The van der Waals surface area contributed by atoms with Crippen molar-refractivity contribution in [2.75, 3.05) is 5.32 Å². The molecule has 5 fully saturated rings. The number of halogens is 1. The number of aliphatic carboxylic acids is 1. The number of aromatic nitrogens is 2. The van der Waals surface area contributed by atoms with Crippen LogP contribution in [0.15, 0.2) is 24.3 Å². The molecule has 1 heterocycles. The summed E-state index contributed by atoms with van der Waals surface area (Å²) in [6.07, 6.45) is 18.8. The first kappa shape index (κ1) is 25.7. The van der Waals surface area contributed by atoms with Gasteiger partial charge in [0.15, 0.2) is 0 Å². The number of rotatable bonds is 8. The van der Waals surface area contributed by atoms with E-state index in [4.69, 9.17) is 21.7 Å². The molecular formula is C31H38ClN3O3. The molecule has 6 nitrogen and oxygen atoms in total. The Labute approximate surface area is 229 Å². The first-order valence-corrected chi connectivity index (χ1v) is 14.8. The van der Waals surface area contributed by atoms with Crippen LogP contribution in [0.1, 0.15) is 111 Å². The van der Waals surface area contributed by atoms with Gasteiger partial charge in [-0.25, -0.2) is 9.78 Å². The number of carboxylic acid groups (broad SMARTS) is 1. The van der Waals surface area contributed by atoms with Gasteiger partial charge in [0.05, 0.1) is 0 Å². The van der Waals surface area contributed by atoms with E-state index in [1.165, 1.54) is 63.9 Å². The molecule has 0 radical (unpaired) electrons. The maximum atomic E-state index is 13.6. The molecule has 0 aliphatic heterocycles. The van der Waals surface area contributed by atoms with E-state index in [2.05, 4.69) is 10.3 Å². The highest BCUT2D eigenvalue weighted by Crippen LogP contribution is 2.61. The van der Waals surface area contributed by atoms with Crippen LogP contribution < -0.4 is 5.32 Å². The van der Waals surface area contributed by atoms with Crippen molar-refractivity contribution in [2.45, 2.75) is 89.4 Å². The van der Waals surface area contributed by atoms with Crippen molar-refractivity contribution in [2.24, 2.45) is 23.2 Å². The molecule has 0 saturated heterocycles. The predicted octanol–water partition coefficient (Wildman–Crippen LogP) is 7.61. The van der Waals surface area contributed by atoms with Crippen molar-refractivity contribution in [3.8, 4) is 0 Å². The summed E-state index contributed by atoms with van der Waals surface area (Å²) in [6.45, 7) is 0. The number of carbonyl (C=O) groups excluding carboxylic acids is 1. The third-order valence-corrected chi connectivity index (χ3v) is 10.1. The average molecular weight is 536 g/mol. The van der Waals surface area contributed by atoms with Gasteiger partial charge in [-0.2, -0.15) is 0 Å². The van der Waals surface area contributed by atoms with Crippen molar-refractivity contribution < 1.29 is 14.7 Å². The van der Waals surface area contributed by atoms with Crippen LogP contribution in [0.5, 0.6) is 0 Å². The van der Waals surface area contributed by atoms with E-state index in [1.54, 1.807) is 18.2 Å². The summed E-state index contributed by atoms with van der Waals surface area (Å²) >= 11 is 6.24. The van der Waals surface area contributed by atoms with Crippen LogP contribution in [0.2, 0.25) is 5.02 Å². The summed E-state index contributed by atoms with van der Waals surface area (Å²) < 4.78 is 0. The lowest BCUT2D eigenvalue weighted by Gasteiger charge is -2.57. The number of carbonyl (C=O) groups is 2. The lowest BCUT2D eigenvalue weighted by atomic mass is 9.48. The van der Waals surface area contributed by atoms with Crippen LogP contribution in [0.3, 0.4) is 0 Å². The van der Waals surface area contributed by atoms with Gasteiger partial charge in [0, 0.05) is 28.4 Å². The van der Waals surface area contributed by atoms with Crippen LogP contribution in [0.25, 0.3) is 6.08 Å². The quantitative estimate of drug-likeness (QED) is 0.303. The molecule has 1 amide bonds. The van der Waals surface area contributed by atoms with Gasteiger partial charge < -0.3 is 15.4 Å². The number of benzene rings is 1. The molecule has 2 aromatic rings. The van der Waals surface area contributed by atoms with Crippen molar-refractivity contribution in [3.05, 3.63) is 52.1 Å². The summed E-state index contributed by atoms with van der Waals surface area (Å²) in [5, 5.41) is 12.4. The van der Waals surface area contributed by atoms with E-state index < -0.39 is 5.97 Å². The van der Waals surface area contributed by atoms with Crippen molar-refractivity contribution in [1.29, 1.82) is 0 Å². The largest absolute Gasteiger partial charge is 0.478 e. The van der Waals surface area contributed by atoms with E-state index in [9.17, 15) is 9.59 Å². The molecule has 202 valence electrons. The topological polar surface area (TPSA) is 95.1 Å².